The minimum absolute atomic E-state index is 0.0422. The Morgan fingerprint density at radius 3 is 2.55 bits per heavy atom. The van der Waals surface area contributed by atoms with Gasteiger partial charge in [-0.2, -0.15) is 0 Å². The second kappa shape index (κ2) is 6.21. The van der Waals surface area contributed by atoms with Gasteiger partial charge < -0.3 is 14.6 Å². The molecule has 1 aromatic carbocycles. The normalized spacial score (nSPS) is 10.1. The van der Waals surface area contributed by atoms with Crippen LogP contribution in [0.2, 0.25) is 0 Å². The Labute approximate surface area is 125 Å². The molecule has 0 aliphatic rings. The van der Waals surface area contributed by atoms with Crippen LogP contribution >= 0.6 is 0 Å². The van der Waals surface area contributed by atoms with E-state index in [1.807, 2.05) is 0 Å². The van der Waals surface area contributed by atoms with Gasteiger partial charge in [0.25, 0.3) is 0 Å². The number of halogens is 1. The van der Waals surface area contributed by atoms with Crippen molar-refractivity contribution in [3.8, 4) is 17.0 Å². The molecule has 114 valence electrons. The number of carboxylic acids is 1. The van der Waals surface area contributed by atoms with Crippen molar-refractivity contribution >= 4 is 11.9 Å². The van der Waals surface area contributed by atoms with E-state index in [1.165, 1.54) is 38.6 Å². The van der Waals surface area contributed by atoms with Gasteiger partial charge in [-0.25, -0.2) is 19.0 Å². The summed E-state index contributed by atoms with van der Waals surface area (Å²) in [5.41, 5.74) is 0.191. The van der Waals surface area contributed by atoms with Gasteiger partial charge in [-0.1, -0.05) is 0 Å². The lowest BCUT2D eigenvalue weighted by atomic mass is 10.0. The maximum absolute atomic E-state index is 14.0. The van der Waals surface area contributed by atoms with Gasteiger partial charge in [0.1, 0.15) is 11.4 Å². The van der Waals surface area contributed by atoms with Crippen LogP contribution in [0.4, 0.5) is 4.39 Å². The Kier molecular flexibility index (Phi) is 4.36. The Morgan fingerprint density at radius 1 is 1.23 bits per heavy atom. The number of methoxy groups -OCH3 is 2. The zero-order valence-electron chi connectivity index (χ0n) is 11.8. The van der Waals surface area contributed by atoms with Gasteiger partial charge in [0, 0.05) is 17.3 Å². The molecule has 0 saturated carbocycles. The summed E-state index contributed by atoms with van der Waals surface area (Å²) < 4.78 is 23.4. The number of ether oxygens (including phenoxy) is 2. The molecule has 1 N–H and O–H groups in total. The number of carbonyl (C=O) groups is 2. The molecule has 0 aliphatic heterocycles. The number of carboxylic acid groups (broad SMARTS) is 1. The molecule has 1 heterocycles. The molecule has 0 aliphatic carbocycles. The van der Waals surface area contributed by atoms with Crippen molar-refractivity contribution in [3.05, 3.63) is 47.4 Å². The minimum atomic E-state index is -1.25. The first kappa shape index (κ1) is 15.4. The van der Waals surface area contributed by atoms with Crippen molar-refractivity contribution in [3.63, 3.8) is 0 Å². The van der Waals surface area contributed by atoms with Gasteiger partial charge in [-0.3, -0.25) is 0 Å². The molecule has 0 radical (unpaired) electrons. The van der Waals surface area contributed by atoms with E-state index < -0.39 is 17.8 Å². The highest BCUT2D eigenvalue weighted by molar-refractivity contribution is 5.93. The van der Waals surface area contributed by atoms with Crippen LogP contribution in [0.25, 0.3) is 11.1 Å². The molecule has 2 aromatic rings. The summed E-state index contributed by atoms with van der Waals surface area (Å²) in [6.07, 6.45) is 1.27. The third-order valence-electron chi connectivity index (χ3n) is 2.97. The van der Waals surface area contributed by atoms with Crippen molar-refractivity contribution in [1.82, 2.24) is 4.98 Å². The first-order valence-corrected chi connectivity index (χ1v) is 6.13. The highest BCUT2D eigenvalue weighted by atomic mass is 19.1. The van der Waals surface area contributed by atoms with Crippen LogP contribution in [-0.4, -0.2) is 36.2 Å². The molecule has 7 heteroatoms. The molecule has 1 aromatic heterocycles. The van der Waals surface area contributed by atoms with Gasteiger partial charge in [0.2, 0.25) is 5.88 Å². The number of hydrogen-bond acceptors (Lipinski definition) is 5. The van der Waals surface area contributed by atoms with Crippen LogP contribution in [0.1, 0.15) is 20.7 Å². The zero-order valence-corrected chi connectivity index (χ0v) is 11.8. The number of rotatable bonds is 4. The maximum atomic E-state index is 14.0. The zero-order chi connectivity index (χ0) is 16.3. The topological polar surface area (TPSA) is 85.7 Å². The second-order valence-electron chi connectivity index (χ2n) is 4.27. The molecular weight excluding hydrogens is 293 g/mol. The summed E-state index contributed by atoms with van der Waals surface area (Å²) >= 11 is 0. The van der Waals surface area contributed by atoms with E-state index in [1.54, 1.807) is 0 Å². The summed E-state index contributed by atoms with van der Waals surface area (Å²) in [5, 5.41) is 9.13. The van der Waals surface area contributed by atoms with Crippen LogP contribution in [-0.2, 0) is 4.74 Å². The van der Waals surface area contributed by atoms with Crippen molar-refractivity contribution in [2.24, 2.45) is 0 Å². The molecule has 6 nitrogen and oxygen atoms in total. The molecule has 0 bridgehead atoms. The number of esters is 1. The van der Waals surface area contributed by atoms with Crippen molar-refractivity contribution in [2.45, 2.75) is 0 Å². The minimum Gasteiger partial charge on any atom is -0.480 e. The third-order valence-corrected chi connectivity index (χ3v) is 2.97. The summed E-state index contributed by atoms with van der Waals surface area (Å²) in [7, 11) is 2.50. The molecule has 2 rings (SSSR count). The van der Waals surface area contributed by atoms with Crippen LogP contribution < -0.4 is 4.74 Å². The van der Waals surface area contributed by atoms with Gasteiger partial charge in [0.05, 0.1) is 19.8 Å². The second-order valence-corrected chi connectivity index (χ2v) is 4.27. The van der Waals surface area contributed by atoms with E-state index in [4.69, 9.17) is 9.84 Å². The van der Waals surface area contributed by atoms with Crippen LogP contribution in [0, 0.1) is 5.82 Å². The maximum Gasteiger partial charge on any atom is 0.341 e. The molecule has 0 spiro atoms. The van der Waals surface area contributed by atoms with Crippen LogP contribution in [0.5, 0.6) is 5.88 Å². The Hall–Kier alpha value is -2.96. The summed E-state index contributed by atoms with van der Waals surface area (Å²) in [6.45, 7) is 0. The average molecular weight is 305 g/mol. The number of benzene rings is 1. The van der Waals surface area contributed by atoms with E-state index in [0.29, 0.717) is 0 Å². The van der Waals surface area contributed by atoms with E-state index in [2.05, 4.69) is 9.72 Å². The highest BCUT2D eigenvalue weighted by Crippen LogP contribution is 2.27. The predicted octanol–water partition coefficient (Wildman–Crippen LogP) is 2.38. The van der Waals surface area contributed by atoms with Crippen LogP contribution in [0.15, 0.2) is 30.5 Å². The lowest BCUT2D eigenvalue weighted by Crippen LogP contribution is -2.04. The number of carbonyl (C=O) groups excluding carboxylic acids is 1. The quantitative estimate of drug-likeness (QED) is 0.873. The average Bonchev–Trinajstić information content (AvgIpc) is 2.53. The number of pyridine rings is 1. The Bertz CT molecular complexity index is 745. The van der Waals surface area contributed by atoms with Crippen molar-refractivity contribution in [2.75, 3.05) is 14.2 Å². The molecule has 0 atom stereocenters. The van der Waals surface area contributed by atoms with E-state index in [9.17, 15) is 14.0 Å². The van der Waals surface area contributed by atoms with Gasteiger partial charge in [-0.05, 0) is 24.3 Å². The van der Waals surface area contributed by atoms with Gasteiger partial charge >= 0.3 is 11.9 Å². The van der Waals surface area contributed by atoms with Crippen molar-refractivity contribution < 1.29 is 28.6 Å². The molecule has 0 fully saturated rings. The van der Waals surface area contributed by atoms with E-state index in [0.717, 1.165) is 6.07 Å². The third kappa shape index (κ3) is 2.88. The molecule has 0 amide bonds. The highest BCUT2D eigenvalue weighted by Gasteiger charge is 2.17. The van der Waals surface area contributed by atoms with Crippen LogP contribution in [0.3, 0.4) is 0 Å². The van der Waals surface area contributed by atoms with Gasteiger partial charge in [-0.15, -0.1) is 0 Å². The summed E-state index contributed by atoms with van der Waals surface area (Å²) in [5.74, 6) is -2.58. The molecule has 22 heavy (non-hydrogen) atoms. The summed E-state index contributed by atoms with van der Waals surface area (Å²) in [4.78, 5) is 26.5. The standard InChI is InChI=1S/C15H12FNO5/c1-21-13-11(14(18)19)6-9(7-17-13)10-5-8(15(20)22-2)3-4-12(10)16/h3-7H,1-2H3,(H,18,19). The first-order valence-electron chi connectivity index (χ1n) is 6.13. The number of hydrogen-bond donors (Lipinski definition) is 1. The predicted molar refractivity (Wildman–Crippen MR) is 74.5 cm³/mol. The largest absolute Gasteiger partial charge is 0.480 e. The lowest BCUT2D eigenvalue weighted by molar-refractivity contribution is 0.0599. The molecular formula is C15H12FNO5. The molecule has 0 saturated heterocycles. The number of nitrogens with zero attached hydrogens (tertiary/aromatic N) is 1. The lowest BCUT2D eigenvalue weighted by Gasteiger charge is -2.09. The SMILES string of the molecule is COC(=O)c1ccc(F)c(-c2cnc(OC)c(C(=O)O)c2)c1. The van der Waals surface area contributed by atoms with E-state index >= 15 is 0 Å². The number of aromatic nitrogens is 1. The fraction of sp³-hybridized carbons (Fsp3) is 0.133. The monoisotopic (exact) mass is 305 g/mol. The first-order chi connectivity index (χ1) is 10.5. The molecule has 0 unspecified atom stereocenters. The Balaban J connectivity index is 2.58. The fourth-order valence-corrected chi connectivity index (χ4v) is 1.91. The fourth-order valence-electron chi connectivity index (χ4n) is 1.91. The Morgan fingerprint density at radius 2 is 1.95 bits per heavy atom. The smallest absolute Gasteiger partial charge is 0.341 e. The van der Waals surface area contributed by atoms with Crippen molar-refractivity contribution in [1.29, 1.82) is 0 Å². The van der Waals surface area contributed by atoms with Gasteiger partial charge in [0.15, 0.2) is 0 Å². The summed E-state index contributed by atoms with van der Waals surface area (Å²) in [6, 6.07) is 4.88. The van der Waals surface area contributed by atoms with E-state index in [-0.39, 0.29) is 28.1 Å². The number of aromatic carboxylic acids is 1.